The smallest absolute Gasteiger partial charge is 0.261 e. The van der Waals surface area contributed by atoms with Gasteiger partial charge in [0, 0.05) is 31.2 Å². The molecule has 0 atom stereocenters. The van der Waals surface area contributed by atoms with Crippen LogP contribution in [0.25, 0.3) is 0 Å². The van der Waals surface area contributed by atoms with Crippen LogP contribution in [-0.2, 0) is 13.0 Å². The van der Waals surface area contributed by atoms with Crippen molar-refractivity contribution in [3.05, 3.63) is 51.2 Å². The molecule has 0 saturated carbocycles. The van der Waals surface area contributed by atoms with Crippen molar-refractivity contribution in [3.63, 3.8) is 0 Å². The van der Waals surface area contributed by atoms with Crippen LogP contribution in [0.5, 0.6) is 0 Å². The van der Waals surface area contributed by atoms with E-state index in [4.69, 9.17) is 0 Å². The van der Waals surface area contributed by atoms with E-state index in [-0.39, 0.29) is 5.91 Å². The second-order valence-electron chi connectivity index (χ2n) is 5.29. The second kappa shape index (κ2) is 6.76. The zero-order valence-electron chi connectivity index (χ0n) is 13.1. The Morgan fingerprint density at radius 1 is 1.24 bits per heavy atom. The summed E-state index contributed by atoms with van der Waals surface area (Å²) in [7, 11) is 4.03. The molecule has 0 saturated heterocycles. The highest BCUT2D eigenvalue weighted by Gasteiger charge is 2.11. The van der Waals surface area contributed by atoms with E-state index in [1.165, 1.54) is 10.4 Å². The fourth-order valence-corrected chi connectivity index (χ4v) is 3.19. The Bertz CT molecular complexity index is 614. The van der Waals surface area contributed by atoms with E-state index in [2.05, 4.69) is 36.2 Å². The first-order valence-corrected chi connectivity index (χ1v) is 7.96. The SMILES string of the molecule is CCc1cc(C(=O)NCc2ccc(N(C)C)cc2)sc1C. The van der Waals surface area contributed by atoms with Crippen LogP contribution >= 0.6 is 11.3 Å². The number of carbonyl (C=O) groups is 1. The largest absolute Gasteiger partial charge is 0.378 e. The molecule has 2 aromatic rings. The van der Waals surface area contributed by atoms with Crippen LogP contribution in [0.15, 0.2) is 30.3 Å². The third-order valence-corrected chi connectivity index (χ3v) is 4.62. The number of rotatable bonds is 5. The average Bonchev–Trinajstić information content (AvgIpc) is 2.86. The van der Waals surface area contributed by atoms with Crippen LogP contribution < -0.4 is 10.2 Å². The molecule has 0 aliphatic rings. The van der Waals surface area contributed by atoms with E-state index < -0.39 is 0 Å². The highest BCUT2D eigenvalue weighted by atomic mass is 32.1. The highest BCUT2D eigenvalue weighted by Crippen LogP contribution is 2.22. The van der Waals surface area contributed by atoms with Gasteiger partial charge in [0.1, 0.15) is 0 Å². The molecular weight excluding hydrogens is 280 g/mol. The summed E-state index contributed by atoms with van der Waals surface area (Å²) in [4.78, 5) is 16.3. The molecule has 4 heteroatoms. The predicted octanol–water partition coefficient (Wildman–Crippen LogP) is 3.61. The molecule has 112 valence electrons. The van der Waals surface area contributed by atoms with Gasteiger partial charge in [0.05, 0.1) is 4.88 Å². The van der Waals surface area contributed by atoms with Crippen LogP contribution in [0.4, 0.5) is 5.69 Å². The fourth-order valence-electron chi connectivity index (χ4n) is 2.16. The molecule has 1 aromatic carbocycles. The van der Waals surface area contributed by atoms with Crippen molar-refractivity contribution in [1.82, 2.24) is 5.32 Å². The Hall–Kier alpha value is -1.81. The molecule has 0 aliphatic carbocycles. The average molecular weight is 302 g/mol. The summed E-state index contributed by atoms with van der Waals surface area (Å²) in [5.41, 5.74) is 3.53. The molecule has 0 aliphatic heterocycles. The standard InChI is InChI=1S/C17H22N2OS/c1-5-14-10-16(21-12(14)2)17(20)18-11-13-6-8-15(9-7-13)19(3)4/h6-10H,5,11H2,1-4H3,(H,18,20). The molecule has 0 bridgehead atoms. The monoisotopic (exact) mass is 302 g/mol. The van der Waals surface area contributed by atoms with E-state index in [9.17, 15) is 4.79 Å². The number of aryl methyl sites for hydroxylation is 2. The van der Waals surface area contributed by atoms with Gasteiger partial charge in [0.25, 0.3) is 5.91 Å². The number of thiophene rings is 1. The van der Waals surface area contributed by atoms with Crippen molar-refractivity contribution in [2.24, 2.45) is 0 Å². The summed E-state index contributed by atoms with van der Waals surface area (Å²) in [6.45, 7) is 4.74. The molecule has 0 radical (unpaired) electrons. The van der Waals surface area contributed by atoms with Crippen LogP contribution in [0.3, 0.4) is 0 Å². The van der Waals surface area contributed by atoms with Gasteiger partial charge in [0.2, 0.25) is 0 Å². The third-order valence-electron chi connectivity index (χ3n) is 3.53. The molecule has 1 aromatic heterocycles. The highest BCUT2D eigenvalue weighted by molar-refractivity contribution is 7.14. The number of hydrogen-bond acceptors (Lipinski definition) is 3. The zero-order valence-corrected chi connectivity index (χ0v) is 13.9. The summed E-state index contributed by atoms with van der Waals surface area (Å²) < 4.78 is 0. The quantitative estimate of drug-likeness (QED) is 0.915. The van der Waals surface area contributed by atoms with E-state index >= 15 is 0 Å². The molecule has 2 rings (SSSR count). The summed E-state index contributed by atoms with van der Waals surface area (Å²) in [6.07, 6.45) is 0.974. The first-order valence-electron chi connectivity index (χ1n) is 7.15. The lowest BCUT2D eigenvalue weighted by molar-refractivity contribution is 0.0955. The summed E-state index contributed by atoms with van der Waals surface area (Å²) in [5.74, 6) is 0.0134. The van der Waals surface area contributed by atoms with Crippen molar-refractivity contribution in [3.8, 4) is 0 Å². The van der Waals surface area contributed by atoms with Gasteiger partial charge in [-0.1, -0.05) is 19.1 Å². The minimum absolute atomic E-state index is 0.0134. The summed E-state index contributed by atoms with van der Waals surface area (Å²) in [5, 5.41) is 2.99. The van der Waals surface area contributed by atoms with Crippen LogP contribution in [0, 0.1) is 6.92 Å². The minimum atomic E-state index is 0.0134. The summed E-state index contributed by atoms with van der Waals surface area (Å²) in [6, 6.07) is 10.2. The number of hydrogen-bond donors (Lipinski definition) is 1. The molecule has 1 heterocycles. The Morgan fingerprint density at radius 3 is 2.43 bits per heavy atom. The molecule has 0 fully saturated rings. The Morgan fingerprint density at radius 2 is 1.90 bits per heavy atom. The van der Waals surface area contributed by atoms with Crippen molar-refractivity contribution < 1.29 is 4.79 Å². The van der Waals surface area contributed by atoms with E-state index in [1.54, 1.807) is 11.3 Å². The van der Waals surface area contributed by atoms with Gasteiger partial charge in [0.15, 0.2) is 0 Å². The van der Waals surface area contributed by atoms with Gasteiger partial charge in [-0.2, -0.15) is 0 Å². The topological polar surface area (TPSA) is 32.3 Å². The van der Waals surface area contributed by atoms with Crippen molar-refractivity contribution in [2.45, 2.75) is 26.8 Å². The van der Waals surface area contributed by atoms with Crippen molar-refractivity contribution in [2.75, 3.05) is 19.0 Å². The first kappa shape index (κ1) is 15.6. The van der Waals surface area contributed by atoms with Gasteiger partial charge in [-0.25, -0.2) is 0 Å². The molecule has 21 heavy (non-hydrogen) atoms. The Labute approximate surface area is 130 Å². The number of benzene rings is 1. The molecular formula is C17H22N2OS. The fraction of sp³-hybridized carbons (Fsp3) is 0.353. The number of amides is 1. The minimum Gasteiger partial charge on any atom is -0.378 e. The molecule has 1 amide bonds. The van der Waals surface area contributed by atoms with Gasteiger partial charge >= 0.3 is 0 Å². The maximum atomic E-state index is 12.2. The van der Waals surface area contributed by atoms with Crippen molar-refractivity contribution in [1.29, 1.82) is 0 Å². The van der Waals surface area contributed by atoms with E-state index in [0.717, 1.165) is 22.5 Å². The number of nitrogens with zero attached hydrogens (tertiary/aromatic N) is 1. The van der Waals surface area contributed by atoms with E-state index in [0.29, 0.717) is 6.54 Å². The van der Waals surface area contributed by atoms with Gasteiger partial charge in [-0.15, -0.1) is 11.3 Å². The van der Waals surface area contributed by atoms with Gasteiger partial charge in [-0.3, -0.25) is 4.79 Å². The van der Waals surface area contributed by atoms with Gasteiger partial charge < -0.3 is 10.2 Å². The Kier molecular flexibility index (Phi) is 5.02. The lowest BCUT2D eigenvalue weighted by atomic mass is 10.2. The van der Waals surface area contributed by atoms with Crippen LogP contribution in [0.1, 0.15) is 32.6 Å². The normalized spacial score (nSPS) is 10.5. The third kappa shape index (κ3) is 3.85. The number of anilines is 1. The molecule has 3 nitrogen and oxygen atoms in total. The lowest BCUT2D eigenvalue weighted by Gasteiger charge is -2.12. The Balaban J connectivity index is 1.97. The molecule has 0 unspecified atom stereocenters. The zero-order chi connectivity index (χ0) is 15.4. The second-order valence-corrected chi connectivity index (χ2v) is 6.55. The maximum absolute atomic E-state index is 12.2. The predicted molar refractivity (Wildman–Crippen MR) is 90.4 cm³/mol. The molecule has 1 N–H and O–H groups in total. The van der Waals surface area contributed by atoms with Crippen LogP contribution in [-0.4, -0.2) is 20.0 Å². The number of nitrogens with one attached hydrogen (secondary N) is 1. The van der Waals surface area contributed by atoms with Crippen molar-refractivity contribution >= 4 is 22.9 Å². The first-order chi connectivity index (χ1) is 10.0. The maximum Gasteiger partial charge on any atom is 0.261 e. The van der Waals surface area contributed by atoms with E-state index in [1.807, 2.05) is 32.3 Å². The molecule has 0 spiro atoms. The van der Waals surface area contributed by atoms with Gasteiger partial charge in [-0.05, 0) is 42.7 Å². The summed E-state index contributed by atoms with van der Waals surface area (Å²) >= 11 is 1.57. The number of carbonyl (C=O) groups excluding carboxylic acids is 1. The van der Waals surface area contributed by atoms with Crippen LogP contribution in [0.2, 0.25) is 0 Å². The lowest BCUT2D eigenvalue weighted by Crippen LogP contribution is -2.21.